The summed E-state index contributed by atoms with van der Waals surface area (Å²) in [5.41, 5.74) is 2.40. The molecule has 1 aliphatic carbocycles. The Labute approximate surface area is 112 Å². The van der Waals surface area contributed by atoms with Crippen LogP contribution in [0, 0.1) is 31.1 Å². The fraction of sp³-hybridized carbons (Fsp3) is 0.467. The maximum Gasteiger partial charge on any atom is 0.307 e. The Morgan fingerprint density at radius 1 is 1.21 bits per heavy atom. The molecule has 2 atom stereocenters. The number of benzene rings is 1. The van der Waals surface area contributed by atoms with E-state index >= 15 is 0 Å². The molecule has 0 spiro atoms. The first-order valence-corrected chi connectivity index (χ1v) is 6.36. The molecule has 1 amide bonds. The number of rotatable bonds is 3. The normalized spacial score (nSPS) is 23.8. The van der Waals surface area contributed by atoms with Crippen LogP contribution in [0.3, 0.4) is 0 Å². The quantitative estimate of drug-likeness (QED) is 0.879. The smallest absolute Gasteiger partial charge is 0.307 e. The van der Waals surface area contributed by atoms with Crippen molar-refractivity contribution in [3.05, 3.63) is 29.3 Å². The average molecular weight is 261 g/mol. The third kappa shape index (κ3) is 2.35. The average Bonchev–Trinajstić information content (AvgIpc) is 2.86. The van der Waals surface area contributed by atoms with Gasteiger partial charge in [-0.15, -0.1) is 0 Å². The first-order valence-electron chi connectivity index (χ1n) is 6.36. The zero-order chi connectivity index (χ0) is 14.4. The lowest BCUT2D eigenvalue weighted by Crippen LogP contribution is -2.18. The third-order valence-electron chi connectivity index (χ3n) is 4.02. The molecule has 0 saturated heterocycles. The number of aliphatic carboxylic acids is 1. The lowest BCUT2D eigenvalue weighted by atomic mass is 10.1. The van der Waals surface area contributed by atoms with Crippen LogP contribution in [0.4, 0.5) is 5.69 Å². The van der Waals surface area contributed by atoms with Gasteiger partial charge in [0.05, 0.1) is 11.8 Å². The van der Waals surface area contributed by atoms with E-state index in [2.05, 4.69) is 5.32 Å². The Morgan fingerprint density at radius 3 is 2.32 bits per heavy atom. The summed E-state index contributed by atoms with van der Waals surface area (Å²) in [4.78, 5) is 23.2. The van der Waals surface area contributed by atoms with Gasteiger partial charge in [0.15, 0.2) is 0 Å². The van der Waals surface area contributed by atoms with Crippen LogP contribution >= 0.6 is 0 Å². The molecule has 1 fully saturated rings. The van der Waals surface area contributed by atoms with Gasteiger partial charge in [0.1, 0.15) is 0 Å². The van der Waals surface area contributed by atoms with Gasteiger partial charge in [0, 0.05) is 5.69 Å². The summed E-state index contributed by atoms with van der Waals surface area (Å²) < 4.78 is 0. The Kier molecular flexibility index (Phi) is 3.12. The minimum Gasteiger partial charge on any atom is -0.481 e. The van der Waals surface area contributed by atoms with Gasteiger partial charge in [0.2, 0.25) is 5.91 Å². The van der Waals surface area contributed by atoms with Gasteiger partial charge in [0.25, 0.3) is 0 Å². The lowest BCUT2D eigenvalue weighted by molar-refractivity contribution is -0.140. The molecule has 0 bridgehead atoms. The fourth-order valence-corrected chi connectivity index (χ4v) is 2.75. The van der Waals surface area contributed by atoms with Crippen molar-refractivity contribution in [1.29, 1.82) is 0 Å². The van der Waals surface area contributed by atoms with E-state index in [1.807, 2.05) is 45.9 Å². The molecular formula is C15H19NO3. The molecule has 1 saturated carbocycles. The number of carboxylic acid groups (broad SMARTS) is 1. The Morgan fingerprint density at radius 2 is 1.84 bits per heavy atom. The van der Waals surface area contributed by atoms with Crippen LogP contribution in [0.5, 0.6) is 0 Å². The number of nitrogens with one attached hydrogen (secondary N) is 1. The summed E-state index contributed by atoms with van der Waals surface area (Å²) >= 11 is 0. The molecule has 4 nitrogen and oxygen atoms in total. The highest BCUT2D eigenvalue weighted by molar-refractivity contribution is 6.00. The van der Waals surface area contributed by atoms with Crippen LogP contribution < -0.4 is 5.32 Å². The van der Waals surface area contributed by atoms with Gasteiger partial charge < -0.3 is 10.4 Å². The molecule has 0 heterocycles. The lowest BCUT2D eigenvalue weighted by Gasteiger charge is -2.09. The zero-order valence-corrected chi connectivity index (χ0v) is 11.7. The van der Waals surface area contributed by atoms with Crippen LogP contribution in [0.15, 0.2) is 18.2 Å². The van der Waals surface area contributed by atoms with E-state index in [4.69, 9.17) is 5.11 Å². The van der Waals surface area contributed by atoms with Gasteiger partial charge >= 0.3 is 5.97 Å². The molecule has 2 N–H and O–H groups in total. The number of hydrogen-bond donors (Lipinski definition) is 2. The maximum atomic E-state index is 12.2. The molecule has 0 aliphatic heterocycles. The Hall–Kier alpha value is -1.84. The van der Waals surface area contributed by atoms with E-state index in [-0.39, 0.29) is 5.91 Å². The van der Waals surface area contributed by atoms with Crippen LogP contribution in [-0.4, -0.2) is 17.0 Å². The number of carboxylic acids is 1. The highest BCUT2D eigenvalue weighted by atomic mass is 16.4. The van der Waals surface area contributed by atoms with E-state index in [0.29, 0.717) is 0 Å². The largest absolute Gasteiger partial charge is 0.481 e. The SMILES string of the molecule is Cc1ccc(NC(=O)C2C(C(=O)O)C2(C)C)c(C)c1. The zero-order valence-electron chi connectivity index (χ0n) is 11.7. The summed E-state index contributed by atoms with van der Waals surface area (Å²) in [5.74, 6) is -2.14. The van der Waals surface area contributed by atoms with E-state index in [0.717, 1.165) is 16.8 Å². The first kappa shape index (κ1) is 13.6. The molecule has 2 rings (SSSR count). The molecule has 102 valence electrons. The van der Waals surface area contributed by atoms with Crippen molar-refractivity contribution in [1.82, 2.24) is 0 Å². The number of hydrogen-bond acceptors (Lipinski definition) is 2. The van der Waals surface area contributed by atoms with E-state index in [1.165, 1.54) is 0 Å². The number of carbonyl (C=O) groups is 2. The van der Waals surface area contributed by atoms with Gasteiger partial charge in [-0.1, -0.05) is 31.5 Å². The second-order valence-electron chi connectivity index (χ2n) is 5.92. The first-order chi connectivity index (χ1) is 8.75. The summed E-state index contributed by atoms with van der Waals surface area (Å²) in [5, 5.41) is 11.9. The third-order valence-corrected chi connectivity index (χ3v) is 4.02. The molecule has 0 radical (unpaired) electrons. The van der Waals surface area contributed by atoms with Crippen LogP contribution in [-0.2, 0) is 9.59 Å². The van der Waals surface area contributed by atoms with E-state index in [9.17, 15) is 9.59 Å². The molecule has 1 aliphatic rings. The Balaban J connectivity index is 2.13. The summed E-state index contributed by atoms with van der Waals surface area (Å²) in [6, 6.07) is 5.77. The summed E-state index contributed by atoms with van der Waals surface area (Å²) in [7, 11) is 0. The standard InChI is InChI=1S/C15H19NO3/c1-8-5-6-10(9(2)7-8)16-13(17)11-12(14(18)19)15(11,3)4/h5-7,11-12H,1-4H3,(H,16,17)(H,18,19). The second-order valence-corrected chi connectivity index (χ2v) is 5.92. The maximum absolute atomic E-state index is 12.2. The molecule has 4 heteroatoms. The molecule has 0 aromatic heterocycles. The summed E-state index contributed by atoms with van der Waals surface area (Å²) in [6.07, 6.45) is 0. The van der Waals surface area contributed by atoms with Crippen molar-refractivity contribution >= 4 is 17.6 Å². The number of aryl methyl sites for hydroxylation is 2. The van der Waals surface area contributed by atoms with Gasteiger partial charge in [-0.2, -0.15) is 0 Å². The molecule has 1 aromatic carbocycles. The minimum absolute atomic E-state index is 0.204. The number of anilines is 1. The van der Waals surface area contributed by atoms with Crippen molar-refractivity contribution in [2.45, 2.75) is 27.7 Å². The van der Waals surface area contributed by atoms with Crippen LogP contribution in [0.2, 0.25) is 0 Å². The Bertz CT molecular complexity index is 548. The van der Waals surface area contributed by atoms with Crippen molar-refractivity contribution < 1.29 is 14.7 Å². The van der Waals surface area contributed by atoms with Crippen LogP contribution in [0.25, 0.3) is 0 Å². The molecular weight excluding hydrogens is 242 g/mol. The van der Waals surface area contributed by atoms with Crippen molar-refractivity contribution in [2.75, 3.05) is 5.32 Å². The number of carbonyl (C=O) groups excluding carboxylic acids is 1. The second kappa shape index (κ2) is 4.37. The van der Waals surface area contributed by atoms with Gasteiger partial charge in [-0.3, -0.25) is 9.59 Å². The van der Waals surface area contributed by atoms with Gasteiger partial charge in [-0.25, -0.2) is 0 Å². The van der Waals surface area contributed by atoms with Crippen LogP contribution in [0.1, 0.15) is 25.0 Å². The molecule has 1 aromatic rings. The fourth-order valence-electron chi connectivity index (χ4n) is 2.75. The van der Waals surface area contributed by atoms with Crippen molar-refractivity contribution in [3.63, 3.8) is 0 Å². The predicted octanol–water partition coefficient (Wildman–Crippen LogP) is 2.60. The monoisotopic (exact) mass is 261 g/mol. The van der Waals surface area contributed by atoms with Crippen molar-refractivity contribution in [3.8, 4) is 0 Å². The minimum atomic E-state index is -0.897. The predicted molar refractivity (Wildman–Crippen MR) is 72.9 cm³/mol. The highest BCUT2D eigenvalue weighted by Gasteiger charge is 2.65. The summed E-state index contributed by atoms with van der Waals surface area (Å²) in [6.45, 7) is 7.55. The van der Waals surface area contributed by atoms with E-state index < -0.39 is 23.2 Å². The topological polar surface area (TPSA) is 66.4 Å². The highest BCUT2D eigenvalue weighted by Crippen LogP contribution is 2.58. The molecule has 19 heavy (non-hydrogen) atoms. The van der Waals surface area contributed by atoms with E-state index in [1.54, 1.807) is 0 Å². The van der Waals surface area contributed by atoms with Gasteiger partial charge in [-0.05, 0) is 30.9 Å². The molecule has 2 unspecified atom stereocenters. The number of amides is 1. The van der Waals surface area contributed by atoms with Crippen molar-refractivity contribution in [2.24, 2.45) is 17.3 Å².